The summed E-state index contributed by atoms with van der Waals surface area (Å²) in [7, 11) is 0. The third-order valence-electron chi connectivity index (χ3n) is 4.92. The minimum absolute atomic E-state index is 0.0256. The van der Waals surface area contributed by atoms with E-state index in [0.717, 1.165) is 12.8 Å². The molecule has 1 amide bonds. The lowest BCUT2D eigenvalue weighted by atomic mass is 9.61. The molecule has 1 aliphatic carbocycles. The Morgan fingerprint density at radius 3 is 2.65 bits per heavy atom. The minimum atomic E-state index is -0.851. The van der Waals surface area contributed by atoms with Gasteiger partial charge in [0.15, 0.2) is 0 Å². The summed E-state index contributed by atoms with van der Waals surface area (Å²) < 4.78 is 0. The number of nitrogens with one attached hydrogen (secondary N) is 1. The van der Waals surface area contributed by atoms with Crippen molar-refractivity contribution in [1.29, 1.82) is 0 Å². The van der Waals surface area contributed by atoms with Crippen molar-refractivity contribution in [2.45, 2.75) is 52.2 Å². The summed E-state index contributed by atoms with van der Waals surface area (Å²) in [6.45, 7) is 8.45. The van der Waals surface area contributed by atoms with Crippen molar-refractivity contribution in [2.75, 3.05) is 18.6 Å². The van der Waals surface area contributed by atoms with Crippen LogP contribution in [0.25, 0.3) is 0 Å². The molecule has 0 aliphatic heterocycles. The second-order valence-electron chi connectivity index (χ2n) is 7.05. The summed E-state index contributed by atoms with van der Waals surface area (Å²) in [6, 6.07) is 0.175. The maximum absolute atomic E-state index is 12.4. The quantitative estimate of drug-likeness (QED) is 0.721. The number of hydrogen-bond acceptors (Lipinski definition) is 4. The largest absolute Gasteiger partial charge is 0.387 e. The van der Waals surface area contributed by atoms with Crippen molar-refractivity contribution in [2.24, 2.45) is 23.0 Å². The molecule has 1 fully saturated rings. The molecule has 0 aromatic carbocycles. The van der Waals surface area contributed by atoms with Crippen LogP contribution in [0, 0.1) is 17.3 Å². The van der Waals surface area contributed by atoms with Gasteiger partial charge < -0.3 is 16.2 Å². The van der Waals surface area contributed by atoms with E-state index in [-0.39, 0.29) is 23.3 Å². The second kappa shape index (κ2) is 6.67. The average Bonchev–Trinajstić information content (AvgIpc) is 2.33. The maximum atomic E-state index is 12.4. The van der Waals surface area contributed by atoms with Crippen LogP contribution in [0.15, 0.2) is 0 Å². The lowest BCUT2D eigenvalue weighted by Crippen LogP contribution is -2.53. The summed E-state index contributed by atoms with van der Waals surface area (Å²) in [4.78, 5) is 12.4. The van der Waals surface area contributed by atoms with E-state index in [1.165, 1.54) is 0 Å². The van der Waals surface area contributed by atoms with E-state index in [1.54, 1.807) is 18.7 Å². The lowest BCUT2D eigenvalue weighted by molar-refractivity contribution is -0.133. The van der Waals surface area contributed by atoms with Crippen LogP contribution in [0.4, 0.5) is 0 Å². The van der Waals surface area contributed by atoms with Gasteiger partial charge in [-0.15, -0.1) is 0 Å². The Labute approximate surface area is 127 Å². The van der Waals surface area contributed by atoms with Crippen molar-refractivity contribution >= 4 is 17.7 Å². The number of carbonyl (C=O) groups is 1. The van der Waals surface area contributed by atoms with E-state index in [1.807, 2.05) is 6.26 Å². The molecule has 1 rings (SSSR count). The topological polar surface area (TPSA) is 75.3 Å². The molecule has 4 nitrogen and oxygen atoms in total. The van der Waals surface area contributed by atoms with E-state index >= 15 is 0 Å². The fourth-order valence-electron chi connectivity index (χ4n) is 3.08. The van der Waals surface area contributed by atoms with Crippen LogP contribution in [0.2, 0.25) is 0 Å². The van der Waals surface area contributed by atoms with Crippen LogP contribution in [-0.2, 0) is 4.79 Å². The summed E-state index contributed by atoms with van der Waals surface area (Å²) in [6.07, 6.45) is 3.67. The molecule has 0 heterocycles. The lowest BCUT2D eigenvalue weighted by Gasteiger charge is -2.46. The van der Waals surface area contributed by atoms with E-state index in [4.69, 9.17) is 5.73 Å². The van der Waals surface area contributed by atoms with E-state index in [9.17, 15) is 9.90 Å². The summed E-state index contributed by atoms with van der Waals surface area (Å²) in [5.41, 5.74) is 5.17. The zero-order valence-corrected chi connectivity index (χ0v) is 14.2. The molecule has 4 unspecified atom stereocenters. The highest BCUT2D eigenvalue weighted by atomic mass is 32.2. The number of rotatable bonds is 5. The zero-order valence-electron chi connectivity index (χ0n) is 13.4. The van der Waals surface area contributed by atoms with Crippen molar-refractivity contribution < 1.29 is 9.90 Å². The van der Waals surface area contributed by atoms with Gasteiger partial charge in [0.25, 0.3) is 0 Å². The molecular weight excluding hydrogens is 272 g/mol. The van der Waals surface area contributed by atoms with E-state index < -0.39 is 5.60 Å². The average molecular weight is 302 g/mol. The first-order valence-electron chi connectivity index (χ1n) is 7.36. The minimum Gasteiger partial charge on any atom is -0.387 e. The van der Waals surface area contributed by atoms with Gasteiger partial charge in [0, 0.05) is 24.3 Å². The van der Waals surface area contributed by atoms with Gasteiger partial charge in [-0.3, -0.25) is 4.79 Å². The number of hydrogen-bond donors (Lipinski definition) is 3. The molecule has 20 heavy (non-hydrogen) atoms. The number of carbonyl (C=O) groups excluding carboxylic acids is 1. The fraction of sp³-hybridized carbons (Fsp3) is 0.933. The maximum Gasteiger partial charge on any atom is 0.223 e. The predicted octanol–water partition coefficient (Wildman–Crippen LogP) is 1.62. The number of thioether (sulfide) groups is 1. The highest BCUT2D eigenvalue weighted by Crippen LogP contribution is 2.44. The first-order valence-corrected chi connectivity index (χ1v) is 8.76. The van der Waals surface area contributed by atoms with Crippen molar-refractivity contribution in [3.05, 3.63) is 0 Å². The van der Waals surface area contributed by atoms with Gasteiger partial charge in [-0.25, -0.2) is 0 Å². The predicted molar refractivity (Wildman–Crippen MR) is 85.7 cm³/mol. The Morgan fingerprint density at radius 2 is 2.10 bits per heavy atom. The van der Waals surface area contributed by atoms with Crippen molar-refractivity contribution in [1.82, 2.24) is 5.32 Å². The molecule has 4 N–H and O–H groups in total. The monoisotopic (exact) mass is 302 g/mol. The van der Waals surface area contributed by atoms with Gasteiger partial charge in [-0.2, -0.15) is 11.8 Å². The fourth-order valence-corrected chi connectivity index (χ4v) is 3.81. The summed E-state index contributed by atoms with van der Waals surface area (Å²) in [5.74, 6) is 0.957. The third kappa shape index (κ3) is 4.12. The zero-order chi connectivity index (χ0) is 15.6. The Kier molecular flexibility index (Phi) is 5.93. The Bertz CT molecular complexity index is 345. The number of aliphatic hydroxyl groups is 1. The van der Waals surface area contributed by atoms with Crippen molar-refractivity contribution in [3.63, 3.8) is 0 Å². The standard InChI is InChI=1S/C15H30N2O2S/c1-10-12(16)7-6-11(14(10,2)3)13(18)17-8-15(4,19)9-20-5/h10-12,19H,6-9,16H2,1-5H3,(H,17,18). The third-order valence-corrected chi connectivity index (χ3v) is 5.83. The molecule has 0 radical (unpaired) electrons. The van der Waals surface area contributed by atoms with E-state index in [0.29, 0.717) is 18.2 Å². The molecule has 0 aromatic rings. The van der Waals surface area contributed by atoms with Crippen LogP contribution in [-0.4, -0.2) is 41.2 Å². The SMILES string of the molecule is CSCC(C)(O)CNC(=O)C1CCC(N)C(C)C1(C)C. The Morgan fingerprint density at radius 1 is 1.50 bits per heavy atom. The van der Waals surface area contributed by atoms with Crippen LogP contribution in [0.1, 0.15) is 40.5 Å². The second-order valence-corrected chi connectivity index (χ2v) is 7.92. The van der Waals surface area contributed by atoms with Crippen LogP contribution in [0.3, 0.4) is 0 Å². The number of nitrogens with two attached hydrogens (primary N) is 1. The van der Waals surface area contributed by atoms with Gasteiger partial charge in [-0.1, -0.05) is 20.8 Å². The van der Waals surface area contributed by atoms with Crippen LogP contribution in [0.5, 0.6) is 0 Å². The van der Waals surface area contributed by atoms with Crippen LogP contribution >= 0.6 is 11.8 Å². The molecule has 1 aliphatic rings. The summed E-state index contributed by atoms with van der Waals surface area (Å²) in [5, 5.41) is 13.1. The first-order chi connectivity index (χ1) is 9.12. The van der Waals surface area contributed by atoms with Gasteiger partial charge >= 0.3 is 0 Å². The smallest absolute Gasteiger partial charge is 0.223 e. The summed E-state index contributed by atoms with van der Waals surface area (Å²) >= 11 is 1.58. The van der Waals surface area contributed by atoms with Crippen molar-refractivity contribution in [3.8, 4) is 0 Å². The molecule has 0 aromatic heterocycles. The molecule has 4 atom stereocenters. The molecule has 118 valence electrons. The van der Waals surface area contributed by atoms with Gasteiger partial charge in [-0.05, 0) is 37.4 Å². The van der Waals surface area contributed by atoms with Gasteiger partial charge in [0.05, 0.1) is 5.60 Å². The molecule has 5 heteroatoms. The number of amides is 1. The molecular formula is C15H30N2O2S. The highest BCUT2D eigenvalue weighted by Gasteiger charge is 2.45. The molecule has 0 spiro atoms. The molecule has 0 bridgehead atoms. The Balaban J connectivity index is 2.63. The van der Waals surface area contributed by atoms with E-state index in [2.05, 4.69) is 26.1 Å². The normalized spacial score (nSPS) is 32.5. The Hall–Kier alpha value is -0.260. The first kappa shape index (κ1) is 17.8. The van der Waals surface area contributed by atoms with Gasteiger partial charge in [0.1, 0.15) is 0 Å². The molecule has 0 saturated heterocycles. The van der Waals surface area contributed by atoms with Crippen LogP contribution < -0.4 is 11.1 Å². The highest BCUT2D eigenvalue weighted by molar-refractivity contribution is 7.98. The molecule has 1 saturated carbocycles. The van der Waals surface area contributed by atoms with Gasteiger partial charge in [0.2, 0.25) is 5.91 Å².